The smallest absolute Gasteiger partial charge is 0.305 e. The second-order valence-corrected chi connectivity index (χ2v) is 2.40. The zero-order chi connectivity index (χ0) is 10.3. The molecule has 0 rings (SSSR count). The Balaban J connectivity index is 4.07. The van der Waals surface area contributed by atoms with Crippen molar-refractivity contribution in [2.75, 3.05) is 13.1 Å². The van der Waals surface area contributed by atoms with E-state index in [1.165, 1.54) is 4.90 Å². The molecule has 0 radical (unpaired) electrons. The van der Waals surface area contributed by atoms with Crippen LogP contribution in [0.2, 0.25) is 0 Å². The Morgan fingerprint density at radius 1 is 1.46 bits per heavy atom. The van der Waals surface area contributed by atoms with Crippen LogP contribution in [0.5, 0.6) is 0 Å². The highest BCUT2D eigenvalue weighted by Gasteiger charge is 2.09. The molecule has 0 saturated heterocycles. The molecular formula is C9H13NO3. The molecule has 0 aliphatic heterocycles. The van der Waals surface area contributed by atoms with E-state index < -0.39 is 5.97 Å². The standard InChI is InChI=1S/C9H13NO3/c1-3-5-8(11)10(4-2)7-6-9(12)13/h4,6-7H2,1-2H3,(H,12,13). The van der Waals surface area contributed by atoms with Gasteiger partial charge in [0, 0.05) is 13.1 Å². The molecule has 0 aliphatic rings. The lowest BCUT2D eigenvalue weighted by molar-refractivity contribution is -0.137. The van der Waals surface area contributed by atoms with Crippen LogP contribution in [0.1, 0.15) is 20.3 Å². The lowest BCUT2D eigenvalue weighted by Crippen LogP contribution is -2.31. The van der Waals surface area contributed by atoms with Crippen LogP contribution < -0.4 is 0 Å². The van der Waals surface area contributed by atoms with Gasteiger partial charge in [-0.1, -0.05) is 5.92 Å². The molecule has 0 spiro atoms. The number of nitrogens with zero attached hydrogens (tertiary/aromatic N) is 1. The van der Waals surface area contributed by atoms with Crippen molar-refractivity contribution in [1.29, 1.82) is 0 Å². The Bertz CT molecular complexity index is 249. The molecule has 0 aromatic rings. The van der Waals surface area contributed by atoms with Crippen LogP contribution in [0.3, 0.4) is 0 Å². The average Bonchev–Trinajstić information content (AvgIpc) is 2.05. The molecule has 0 saturated carbocycles. The molecule has 72 valence electrons. The Kier molecular flexibility index (Phi) is 5.37. The maximum Gasteiger partial charge on any atom is 0.305 e. The van der Waals surface area contributed by atoms with Crippen LogP contribution in [0.15, 0.2) is 0 Å². The quantitative estimate of drug-likeness (QED) is 0.639. The largest absolute Gasteiger partial charge is 0.481 e. The van der Waals surface area contributed by atoms with Gasteiger partial charge in [0.1, 0.15) is 0 Å². The molecule has 0 heterocycles. The molecule has 0 atom stereocenters. The van der Waals surface area contributed by atoms with Crippen molar-refractivity contribution < 1.29 is 14.7 Å². The summed E-state index contributed by atoms with van der Waals surface area (Å²) in [7, 11) is 0. The summed E-state index contributed by atoms with van der Waals surface area (Å²) in [5.74, 6) is 3.63. The Morgan fingerprint density at radius 3 is 2.46 bits per heavy atom. The van der Waals surface area contributed by atoms with E-state index in [1.807, 2.05) is 0 Å². The van der Waals surface area contributed by atoms with Gasteiger partial charge < -0.3 is 10.0 Å². The summed E-state index contributed by atoms with van der Waals surface area (Å²) in [5.41, 5.74) is 0. The number of aliphatic carboxylic acids is 1. The van der Waals surface area contributed by atoms with E-state index in [9.17, 15) is 9.59 Å². The highest BCUT2D eigenvalue weighted by molar-refractivity contribution is 5.93. The summed E-state index contributed by atoms with van der Waals surface area (Å²) < 4.78 is 0. The minimum Gasteiger partial charge on any atom is -0.481 e. The van der Waals surface area contributed by atoms with Gasteiger partial charge in [-0.25, -0.2) is 0 Å². The molecule has 1 amide bonds. The van der Waals surface area contributed by atoms with Gasteiger partial charge in [-0.15, -0.1) is 0 Å². The summed E-state index contributed by atoms with van der Waals surface area (Å²) in [6.07, 6.45) is -0.0367. The third kappa shape index (κ3) is 4.86. The Hall–Kier alpha value is -1.50. The fourth-order valence-electron chi connectivity index (χ4n) is 0.820. The summed E-state index contributed by atoms with van der Waals surface area (Å²) >= 11 is 0. The van der Waals surface area contributed by atoms with Gasteiger partial charge in [-0.05, 0) is 19.8 Å². The Morgan fingerprint density at radius 2 is 2.08 bits per heavy atom. The average molecular weight is 183 g/mol. The monoisotopic (exact) mass is 183 g/mol. The van der Waals surface area contributed by atoms with Gasteiger partial charge in [-0.3, -0.25) is 9.59 Å². The molecule has 13 heavy (non-hydrogen) atoms. The zero-order valence-corrected chi connectivity index (χ0v) is 7.83. The first kappa shape index (κ1) is 11.5. The molecule has 0 fully saturated rings. The molecular weight excluding hydrogens is 170 g/mol. The molecule has 4 nitrogen and oxygen atoms in total. The van der Waals surface area contributed by atoms with Crippen molar-refractivity contribution in [3.05, 3.63) is 0 Å². The lowest BCUT2D eigenvalue weighted by atomic mass is 10.3. The predicted molar refractivity (Wildman–Crippen MR) is 48.0 cm³/mol. The van der Waals surface area contributed by atoms with Crippen molar-refractivity contribution in [3.63, 3.8) is 0 Å². The number of amides is 1. The second kappa shape index (κ2) is 6.06. The van der Waals surface area contributed by atoms with E-state index in [0.717, 1.165) is 0 Å². The number of hydrogen-bond donors (Lipinski definition) is 1. The zero-order valence-electron chi connectivity index (χ0n) is 7.83. The first-order chi connectivity index (χ1) is 6.11. The van der Waals surface area contributed by atoms with Crippen LogP contribution >= 0.6 is 0 Å². The molecule has 4 heteroatoms. The highest BCUT2D eigenvalue weighted by Crippen LogP contribution is 1.92. The van der Waals surface area contributed by atoms with Crippen LogP contribution in [0.25, 0.3) is 0 Å². The maximum atomic E-state index is 11.1. The summed E-state index contributed by atoms with van der Waals surface area (Å²) in [6, 6.07) is 0. The third-order valence-corrected chi connectivity index (χ3v) is 1.50. The van der Waals surface area contributed by atoms with E-state index in [2.05, 4.69) is 11.8 Å². The number of rotatable bonds is 4. The predicted octanol–water partition coefficient (Wildman–Crippen LogP) is 0.333. The summed E-state index contributed by atoms with van der Waals surface area (Å²) in [4.78, 5) is 22.8. The second-order valence-electron chi connectivity index (χ2n) is 2.40. The van der Waals surface area contributed by atoms with E-state index in [1.54, 1.807) is 13.8 Å². The van der Waals surface area contributed by atoms with Crippen LogP contribution in [0, 0.1) is 11.8 Å². The van der Waals surface area contributed by atoms with Gasteiger partial charge in [0.25, 0.3) is 5.91 Å². The van der Waals surface area contributed by atoms with E-state index >= 15 is 0 Å². The van der Waals surface area contributed by atoms with Crippen molar-refractivity contribution in [2.45, 2.75) is 20.3 Å². The summed E-state index contributed by atoms with van der Waals surface area (Å²) in [5, 5.41) is 8.40. The maximum absolute atomic E-state index is 11.1. The molecule has 0 aliphatic carbocycles. The topological polar surface area (TPSA) is 57.6 Å². The van der Waals surface area contributed by atoms with Crippen LogP contribution in [0.4, 0.5) is 0 Å². The van der Waals surface area contributed by atoms with Gasteiger partial charge in [-0.2, -0.15) is 0 Å². The van der Waals surface area contributed by atoms with Gasteiger partial charge in [0.05, 0.1) is 6.42 Å². The van der Waals surface area contributed by atoms with Gasteiger partial charge in [0.2, 0.25) is 0 Å². The minimum atomic E-state index is -0.907. The molecule has 0 aromatic heterocycles. The molecule has 1 N–H and O–H groups in total. The number of carboxylic acid groups (broad SMARTS) is 1. The minimum absolute atomic E-state index is 0.0367. The van der Waals surface area contributed by atoms with E-state index in [-0.39, 0.29) is 18.9 Å². The normalized spacial score (nSPS) is 8.46. The fourth-order valence-corrected chi connectivity index (χ4v) is 0.820. The first-order valence-electron chi connectivity index (χ1n) is 4.05. The highest BCUT2D eigenvalue weighted by atomic mass is 16.4. The number of carbonyl (C=O) groups is 2. The SMILES string of the molecule is CC#CC(=O)N(CC)CCC(=O)O. The summed E-state index contributed by atoms with van der Waals surface area (Å²) in [6.45, 7) is 4.07. The number of carboxylic acids is 1. The third-order valence-electron chi connectivity index (χ3n) is 1.50. The Labute approximate surface area is 77.5 Å². The van der Waals surface area contributed by atoms with Crippen molar-refractivity contribution in [1.82, 2.24) is 4.90 Å². The molecule has 0 aromatic carbocycles. The van der Waals surface area contributed by atoms with E-state index in [4.69, 9.17) is 5.11 Å². The van der Waals surface area contributed by atoms with Crippen molar-refractivity contribution in [2.24, 2.45) is 0 Å². The number of hydrogen-bond acceptors (Lipinski definition) is 2. The first-order valence-corrected chi connectivity index (χ1v) is 4.05. The van der Waals surface area contributed by atoms with Crippen molar-refractivity contribution in [3.8, 4) is 11.8 Å². The number of carbonyl (C=O) groups excluding carboxylic acids is 1. The van der Waals surface area contributed by atoms with E-state index in [0.29, 0.717) is 6.54 Å². The van der Waals surface area contributed by atoms with Gasteiger partial charge >= 0.3 is 5.97 Å². The van der Waals surface area contributed by atoms with Crippen LogP contribution in [-0.4, -0.2) is 35.0 Å². The molecule has 0 bridgehead atoms. The van der Waals surface area contributed by atoms with Crippen molar-refractivity contribution >= 4 is 11.9 Å². The van der Waals surface area contributed by atoms with Crippen LogP contribution in [-0.2, 0) is 9.59 Å². The van der Waals surface area contributed by atoms with Gasteiger partial charge in [0.15, 0.2) is 0 Å². The molecule has 0 unspecified atom stereocenters. The fraction of sp³-hybridized carbons (Fsp3) is 0.556. The lowest BCUT2D eigenvalue weighted by Gasteiger charge is -2.16.